The summed E-state index contributed by atoms with van der Waals surface area (Å²) >= 11 is 0. The molecule has 3 nitrogen and oxygen atoms in total. The van der Waals surface area contributed by atoms with Crippen LogP contribution in [-0.4, -0.2) is 21.3 Å². The zero-order valence-corrected chi connectivity index (χ0v) is 20.7. The van der Waals surface area contributed by atoms with Crippen molar-refractivity contribution in [2.45, 2.75) is 44.6 Å². The van der Waals surface area contributed by atoms with Crippen LogP contribution in [0.3, 0.4) is 0 Å². The van der Waals surface area contributed by atoms with Crippen LogP contribution in [0, 0.1) is 5.92 Å². The van der Waals surface area contributed by atoms with E-state index >= 15 is 0 Å². The third kappa shape index (κ3) is 5.01. The van der Waals surface area contributed by atoms with Gasteiger partial charge in [0.25, 0.3) is 0 Å². The molecule has 0 aliphatic heterocycles. The summed E-state index contributed by atoms with van der Waals surface area (Å²) < 4.78 is 2.44. The van der Waals surface area contributed by atoms with E-state index in [0.717, 1.165) is 32.1 Å². The van der Waals surface area contributed by atoms with Crippen molar-refractivity contribution in [3.05, 3.63) is 138 Å². The van der Waals surface area contributed by atoms with Crippen molar-refractivity contribution in [3.8, 4) is 0 Å². The predicted molar refractivity (Wildman–Crippen MR) is 145 cm³/mol. The summed E-state index contributed by atoms with van der Waals surface area (Å²) in [4.78, 5) is 4.96. The number of nitrogens with zero attached hydrogens (tertiary/aromatic N) is 2. The van der Waals surface area contributed by atoms with Crippen molar-refractivity contribution in [1.29, 1.82) is 0 Å². The maximum Gasteiger partial charge on any atom is 0.121 e. The van der Waals surface area contributed by atoms with Gasteiger partial charge in [0, 0.05) is 12.3 Å². The van der Waals surface area contributed by atoms with Gasteiger partial charge in [-0.1, -0.05) is 97.1 Å². The standard InChI is InChI=1S/C29H30N2O.C3H6/c32-20-10-11-23-18-19-28-27(21-23)30-22-31(28)29(24-12-4-1-5-13-24,25-14-6-2-7-15-25)26-16-8-3-9-17-26;1-3-2/h1-9,12-17,22-23,32H,10-11,18-21H2;3H,1H2,2H3. The average Bonchev–Trinajstić information content (AvgIpc) is 3.34. The van der Waals surface area contributed by atoms with Crippen LogP contribution in [0.5, 0.6) is 0 Å². The fourth-order valence-corrected chi connectivity index (χ4v) is 5.43. The number of aromatic nitrogens is 2. The monoisotopic (exact) mass is 464 g/mol. The Morgan fingerprint density at radius 3 is 1.86 bits per heavy atom. The van der Waals surface area contributed by atoms with Crippen molar-refractivity contribution >= 4 is 0 Å². The van der Waals surface area contributed by atoms with Crippen molar-refractivity contribution in [2.75, 3.05) is 6.61 Å². The maximum atomic E-state index is 9.26. The average molecular weight is 465 g/mol. The summed E-state index contributed by atoms with van der Waals surface area (Å²) in [5, 5.41) is 9.26. The normalized spacial score (nSPS) is 15.0. The van der Waals surface area contributed by atoms with Crippen molar-refractivity contribution in [3.63, 3.8) is 0 Å². The molecule has 5 rings (SSSR count). The number of aliphatic hydroxyl groups is 1. The molecule has 0 fully saturated rings. The van der Waals surface area contributed by atoms with E-state index in [1.54, 1.807) is 6.08 Å². The van der Waals surface area contributed by atoms with Crippen LogP contribution in [0.4, 0.5) is 0 Å². The Kier molecular flexibility index (Phi) is 8.33. The largest absolute Gasteiger partial charge is 0.396 e. The number of rotatable bonds is 7. The van der Waals surface area contributed by atoms with Gasteiger partial charge in [-0.2, -0.15) is 0 Å². The molecule has 3 aromatic carbocycles. The van der Waals surface area contributed by atoms with Gasteiger partial charge in [0.05, 0.1) is 12.0 Å². The van der Waals surface area contributed by atoms with Gasteiger partial charge in [-0.15, -0.1) is 6.58 Å². The van der Waals surface area contributed by atoms with Gasteiger partial charge in [-0.3, -0.25) is 0 Å². The van der Waals surface area contributed by atoms with Crippen LogP contribution in [-0.2, 0) is 18.4 Å². The molecule has 0 amide bonds. The minimum absolute atomic E-state index is 0.275. The molecule has 35 heavy (non-hydrogen) atoms. The van der Waals surface area contributed by atoms with E-state index in [1.165, 1.54) is 28.1 Å². The molecular weight excluding hydrogens is 428 g/mol. The molecule has 1 heterocycles. The Hall–Kier alpha value is -3.43. The highest BCUT2D eigenvalue weighted by molar-refractivity contribution is 5.51. The Labute approximate surface area is 209 Å². The first-order valence-corrected chi connectivity index (χ1v) is 12.7. The molecule has 1 aromatic heterocycles. The van der Waals surface area contributed by atoms with Crippen LogP contribution in [0.25, 0.3) is 0 Å². The number of hydrogen-bond donors (Lipinski definition) is 1. The fourth-order valence-electron chi connectivity index (χ4n) is 5.43. The molecular formula is C32H36N2O. The molecule has 1 N–H and O–H groups in total. The summed E-state index contributed by atoms with van der Waals surface area (Å²) in [6, 6.07) is 32.4. The first-order chi connectivity index (χ1) is 17.2. The van der Waals surface area contributed by atoms with Crippen LogP contribution < -0.4 is 0 Å². The van der Waals surface area contributed by atoms with Crippen LogP contribution in [0.2, 0.25) is 0 Å². The third-order valence-corrected chi connectivity index (χ3v) is 6.93. The van der Waals surface area contributed by atoms with E-state index in [9.17, 15) is 5.11 Å². The topological polar surface area (TPSA) is 38.1 Å². The van der Waals surface area contributed by atoms with Crippen LogP contribution in [0.1, 0.15) is 54.3 Å². The highest BCUT2D eigenvalue weighted by atomic mass is 16.2. The zero-order chi connectivity index (χ0) is 24.5. The van der Waals surface area contributed by atoms with E-state index in [2.05, 4.69) is 108 Å². The van der Waals surface area contributed by atoms with E-state index in [0.29, 0.717) is 5.92 Å². The maximum absolute atomic E-state index is 9.26. The highest BCUT2D eigenvalue weighted by Gasteiger charge is 2.41. The molecule has 3 heteroatoms. The van der Waals surface area contributed by atoms with E-state index in [4.69, 9.17) is 4.98 Å². The fraction of sp³-hybridized carbons (Fsp3) is 0.281. The van der Waals surface area contributed by atoms with Gasteiger partial charge >= 0.3 is 0 Å². The predicted octanol–water partition coefficient (Wildman–Crippen LogP) is 6.79. The highest BCUT2D eigenvalue weighted by Crippen LogP contribution is 2.43. The Morgan fingerprint density at radius 1 is 0.914 bits per heavy atom. The quantitative estimate of drug-likeness (QED) is 0.241. The second-order valence-electron chi connectivity index (χ2n) is 9.20. The van der Waals surface area contributed by atoms with Crippen molar-refractivity contribution in [1.82, 2.24) is 9.55 Å². The lowest BCUT2D eigenvalue weighted by Crippen LogP contribution is -2.39. The van der Waals surface area contributed by atoms with Gasteiger partial charge in [0.15, 0.2) is 0 Å². The number of hydrogen-bond acceptors (Lipinski definition) is 2. The summed E-state index contributed by atoms with van der Waals surface area (Å²) in [6.07, 6.45) is 8.92. The number of imidazole rings is 1. The summed E-state index contributed by atoms with van der Waals surface area (Å²) in [5.41, 5.74) is 5.77. The minimum Gasteiger partial charge on any atom is -0.396 e. The van der Waals surface area contributed by atoms with Gasteiger partial charge in [0.2, 0.25) is 0 Å². The van der Waals surface area contributed by atoms with Gasteiger partial charge in [-0.25, -0.2) is 4.98 Å². The number of aliphatic hydroxyl groups excluding tert-OH is 1. The number of allylic oxidation sites excluding steroid dienone is 1. The molecule has 1 aliphatic carbocycles. The molecule has 0 saturated heterocycles. The molecule has 4 aromatic rings. The van der Waals surface area contributed by atoms with Gasteiger partial charge in [-0.05, 0) is 61.6 Å². The van der Waals surface area contributed by atoms with Gasteiger partial charge < -0.3 is 9.67 Å². The van der Waals surface area contributed by atoms with E-state index in [-0.39, 0.29) is 6.61 Å². The summed E-state index contributed by atoms with van der Waals surface area (Å²) in [5.74, 6) is 0.609. The summed E-state index contributed by atoms with van der Waals surface area (Å²) in [7, 11) is 0. The lowest BCUT2D eigenvalue weighted by Gasteiger charge is -2.39. The molecule has 1 atom stereocenters. The van der Waals surface area contributed by atoms with Crippen molar-refractivity contribution in [2.24, 2.45) is 5.92 Å². The minimum atomic E-state index is -0.484. The third-order valence-electron chi connectivity index (χ3n) is 6.93. The Bertz CT molecular complexity index is 1090. The molecule has 1 unspecified atom stereocenters. The molecule has 0 radical (unpaired) electrons. The number of fused-ring (bicyclic) bond motifs is 1. The first-order valence-electron chi connectivity index (χ1n) is 12.7. The lowest BCUT2D eigenvalue weighted by molar-refractivity contribution is 0.265. The van der Waals surface area contributed by atoms with Crippen LogP contribution in [0.15, 0.2) is 110 Å². The van der Waals surface area contributed by atoms with E-state index in [1.807, 2.05) is 6.92 Å². The SMILES string of the molecule is C=CC.OCCCC1CCc2c(ncn2C(c2ccccc2)(c2ccccc2)c2ccccc2)C1. The molecule has 0 saturated carbocycles. The first kappa shape index (κ1) is 24.7. The van der Waals surface area contributed by atoms with Gasteiger partial charge in [0.1, 0.15) is 5.54 Å². The van der Waals surface area contributed by atoms with Crippen molar-refractivity contribution < 1.29 is 5.11 Å². The van der Waals surface area contributed by atoms with Crippen LogP contribution >= 0.6 is 0 Å². The Morgan fingerprint density at radius 2 is 1.40 bits per heavy atom. The molecule has 0 spiro atoms. The molecule has 1 aliphatic rings. The molecule has 0 bridgehead atoms. The Balaban J connectivity index is 0.000000917. The lowest BCUT2D eigenvalue weighted by atomic mass is 9.76. The van der Waals surface area contributed by atoms with E-state index < -0.39 is 5.54 Å². The second-order valence-corrected chi connectivity index (χ2v) is 9.20. The second kappa shape index (κ2) is 11.8. The molecule has 180 valence electrons. The zero-order valence-electron chi connectivity index (χ0n) is 20.7. The smallest absolute Gasteiger partial charge is 0.121 e. The number of benzene rings is 3. The summed E-state index contributed by atoms with van der Waals surface area (Å²) in [6.45, 7) is 5.52.